The monoisotopic (exact) mass is 498 g/mol. The second-order valence-electron chi connectivity index (χ2n) is 8.26. The zero-order valence-corrected chi connectivity index (χ0v) is 21.4. The molecule has 1 aromatic heterocycles. The number of methoxy groups -OCH3 is 1. The van der Waals surface area contributed by atoms with E-state index in [1.165, 1.54) is 0 Å². The van der Waals surface area contributed by atoms with E-state index in [9.17, 15) is 4.79 Å². The number of carbonyl (C=O) groups is 1. The summed E-state index contributed by atoms with van der Waals surface area (Å²) in [6.07, 6.45) is 4.44. The highest BCUT2D eigenvalue weighted by atomic mass is 32.2. The molecule has 4 rings (SSSR count). The maximum absolute atomic E-state index is 13.7. The molecule has 0 aliphatic heterocycles. The Morgan fingerprint density at radius 2 is 1.67 bits per heavy atom. The van der Waals surface area contributed by atoms with Gasteiger partial charge in [-0.25, -0.2) is 0 Å². The lowest BCUT2D eigenvalue weighted by Gasteiger charge is -2.24. The van der Waals surface area contributed by atoms with Crippen molar-refractivity contribution in [1.82, 2.24) is 9.88 Å². The molecular formula is C30H30N2O3S. The van der Waals surface area contributed by atoms with E-state index < -0.39 is 0 Å². The second-order valence-corrected chi connectivity index (χ2v) is 9.11. The van der Waals surface area contributed by atoms with Gasteiger partial charge in [-0.1, -0.05) is 54.6 Å². The predicted molar refractivity (Wildman–Crippen MR) is 145 cm³/mol. The van der Waals surface area contributed by atoms with Crippen molar-refractivity contribution in [2.75, 3.05) is 19.9 Å². The summed E-state index contributed by atoms with van der Waals surface area (Å²) in [5.41, 5.74) is 3.72. The Balaban J connectivity index is 1.54. The Hall–Kier alpha value is -3.77. The Morgan fingerprint density at radius 3 is 2.42 bits per heavy atom. The fourth-order valence-electron chi connectivity index (χ4n) is 3.92. The lowest BCUT2D eigenvalue weighted by Crippen LogP contribution is -2.33. The van der Waals surface area contributed by atoms with Crippen LogP contribution in [-0.4, -0.2) is 35.7 Å². The topological polar surface area (TPSA) is 51.7 Å². The summed E-state index contributed by atoms with van der Waals surface area (Å²) >= 11 is 1.58. The largest absolute Gasteiger partial charge is 0.493 e. The van der Waals surface area contributed by atoms with Gasteiger partial charge in [0.2, 0.25) is 0 Å². The van der Waals surface area contributed by atoms with E-state index >= 15 is 0 Å². The molecule has 1 heterocycles. The lowest BCUT2D eigenvalue weighted by atomic mass is 10.1. The first-order valence-electron chi connectivity index (χ1n) is 11.8. The molecule has 6 heteroatoms. The smallest absolute Gasteiger partial charge is 0.255 e. The molecule has 5 nitrogen and oxygen atoms in total. The Bertz CT molecular complexity index is 1270. The molecule has 0 saturated carbocycles. The third-order valence-electron chi connectivity index (χ3n) is 5.83. The predicted octanol–water partition coefficient (Wildman–Crippen LogP) is 6.28. The maximum Gasteiger partial charge on any atom is 0.255 e. The van der Waals surface area contributed by atoms with Crippen molar-refractivity contribution in [3.63, 3.8) is 0 Å². The molecule has 0 saturated heterocycles. The first kappa shape index (κ1) is 25.3. The third kappa shape index (κ3) is 6.67. The van der Waals surface area contributed by atoms with Crippen LogP contribution in [0.1, 0.15) is 27.2 Å². The summed E-state index contributed by atoms with van der Waals surface area (Å²) in [6, 6.07) is 29.5. The molecule has 0 atom stereocenters. The highest BCUT2D eigenvalue weighted by Gasteiger charge is 2.20. The summed E-state index contributed by atoms with van der Waals surface area (Å²) in [7, 11) is 1.63. The Morgan fingerprint density at radius 1 is 0.889 bits per heavy atom. The molecule has 0 fully saturated rings. The van der Waals surface area contributed by atoms with Crippen LogP contribution in [0.5, 0.6) is 11.5 Å². The number of nitrogens with zero attached hydrogens (tertiary/aromatic N) is 2. The van der Waals surface area contributed by atoms with Crippen molar-refractivity contribution in [1.29, 1.82) is 0 Å². The van der Waals surface area contributed by atoms with Crippen LogP contribution in [0.3, 0.4) is 0 Å². The van der Waals surface area contributed by atoms with Gasteiger partial charge in [-0.3, -0.25) is 9.78 Å². The SMILES string of the molecule is COc1cc(CN(CCc2ccccn2)C(=O)c2ccccc2SC)ccc1OCc1ccccc1. The first-order chi connectivity index (χ1) is 17.7. The van der Waals surface area contributed by atoms with E-state index in [2.05, 4.69) is 4.98 Å². The number of ether oxygens (including phenoxy) is 2. The van der Waals surface area contributed by atoms with Crippen LogP contribution in [0.15, 0.2) is 102 Å². The van der Waals surface area contributed by atoms with Gasteiger partial charge in [0.1, 0.15) is 6.61 Å². The van der Waals surface area contributed by atoms with Crippen LogP contribution in [0.25, 0.3) is 0 Å². The number of aromatic nitrogens is 1. The minimum Gasteiger partial charge on any atom is -0.493 e. The number of carbonyl (C=O) groups excluding carboxylic acids is 1. The van der Waals surface area contributed by atoms with Gasteiger partial charge in [-0.2, -0.15) is 0 Å². The fraction of sp³-hybridized carbons (Fsp3) is 0.200. The molecular weight excluding hydrogens is 468 g/mol. The number of amides is 1. The Kier molecular flexibility index (Phi) is 9.00. The number of benzene rings is 3. The van der Waals surface area contributed by atoms with Crippen molar-refractivity contribution in [3.8, 4) is 11.5 Å². The van der Waals surface area contributed by atoms with Crippen LogP contribution < -0.4 is 9.47 Å². The van der Waals surface area contributed by atoms with Crippen LogP contribution in [-0.2, 0) is 19.6 Å². The summed E-state index contributed by atoms with van der Waals surface area (Å²) in [4.78, 5) is 20.9. The molecule has 0 N–H and O–H groups in total. The molecule has 0 bridgehead atoms. The molecule has 36 heavy (non-hydrogen) atoms. The number of hydrogen-bond donors (Lipinski definition) is 0. The Labute approximate surface area is 217 Å². The van der Waals surface area contributed by atoms with E-state index in [-0.39, 0.29) is 5.91 Å². The van der Waals surface area contributed by atoms with Crippen LogP contribution in [0, 0.1) is 0 Å². The van der Waals surface area contributed by atoms with Crippen molar-refractivity contribution >= 4 is 17.7 Å². The molecule has 3 aromatic carbocycles. The van der Waals surface area contributed by atoms with E-state index in [0.717, 1.165) is 21.7 Å². The standard InChI is InChI=1S/C30H30N2O3S/c1-34-28-20-24(15-16-27(28)35-22-23-10-4-3-5-11-23)21-32(19-17-25-12-8-9-18-31-25)30(33)26-13-6-7-14-29(26)36-2/h3-16,18,20H,17,19,21-22H2,1-2H3. The normalized spacial score (nSPS) is 10.6. The van der Waals surface area contributed by atoms with E-state index in [4.69, 9.17) is 9.47 Å². The van der Waals surface area contributed by atoms with Gasteiger partial charge in [0.15, 0.2) is 11.5 Å². The zero-order chi connectivity index (χ0) is 25.2. The summed E-state index contributed by atoms with van der Waals surface area (Å²) < 4.78 is 11.6. The maximum atomic E-state index is 13.7. The molecule has 0 aliphatic carbocycles. The summed E-state index contributed by atoms with van der Waals surface area (Å²) in [5, 5.41) is 0. The molecule has 0 radical (unpaired) electrons. The molecule has 184 valence electrons. The van der Waals surface area contributed by atoms with Crippen molar-refractivity contribution in [2.45, 2.75) is 24.5 Å². The number of rotatable bonds is 11. The zero-order valence-electron chi connectivity index (χ0n) is 20.6. The average molecular weight is 499 g/mol. The van der Waals surface area contributed by atoms with Crippen molar-refractivity contribution in [3.05, 3.63) is 120 Å². The number of thioether (sulfide) groups is 1. The second kappa shape index (κ2) is 12.8. The van der Waals surface area contributed by atoms with E-state index in [1.807, 2.05) is 102 Å². The van der Waals surface area contributed by atoms with Gasteiger partial charge in [-0.05, 0) is 53.8 Å². The van der Waals surface area contributed by atoms with Gasteiger partial charge in [0.25, 0.3) is 5.91 Å². The quantitative estimate of drug-likeness (QED) is 0.228. The summed E-state index contributed by atoms with van der Waals surface area (Å²) in [6.45, 7) is 1.45. The highest BCUT2D eigenvalue weighted by Crippen LogP contribution is 2.30. The van der Waals surface area contributed by atoms with Gasteiger partial charge in [-0.15, -0.1) is 11.8 Å². The van der Waals surface area contributed by atoms with Crippen molar-refractivity contribution < 1.29 is 14.3 Å². The molecule has 4 aromatic rings. The average Bonchev–Trinajstić information content (AvgIpc) is 2.95. The first-order valence-corrected chi connectivity index (χ1v) is 13.1. The van der Waals surface area contributed by atoms with E-state index in [1.54, 1.807) is 25.1 Å². The number of pyridine rings is 1. The molecule has 0 spiro atoms. The van der Waals surface area contributed by atoms with E-state index in [0.29, 0.717) is 43.2 Å². The molecule has 0 unspecified atom stereocenters. The third-order valence-corrected chi connectivity index (χ3v) is 6.62. The van der Waals surface area contributed by atoms with Gasteiger partial charge >= 0.3 is 0 Å². The lowest BCUT2D eigenvalue weighted by molar-refractivity contribution is 0.0741. The minimum atomic E-state index is -0.000693. The van der Waals surface area contributed by atoms with Crippen molar-refractivity contribution in [2.24, 2.45) is 0 Å². The minimum absolute atomic E-state index is 0.000693. The highest BCUT2D eigenvalue weighted by molar-refractivity contribution is 7.98. The van der Waals surface area contributed by atoms with Gasteiger partial charge in [0.05, 0.1) is 12.7 Å². The van der Waals surface area contributed by atoms with Crippen LogP contribution >= 0.6 is 11.8 Å². The molecule has 1 amide bonds. The number of hydrogen-bond acceptors (Lipinski definition) is 5. The van der Waals surface area contributed by atoms with Crippen LogP contribution in [0.4, 0.5) is 0 Å². The van der Waals surface area contributed by atoms with Crippen LogP contribution in [0.2, 0.25) is 0 Å². The van der Waals surface area contributed by atoms with Gasteiger partial charge in [0, 0.05) is 36.3 Å². The summed E-state index contributed by atoms with van der Waals surface area (Å²) in [5.74, 6) is 1.31. The fourth-order valence-corrected chi connectivity index (χ4v) is 4.51. The van der Waals surface area contributed by atoms with Gasteiger partial charge < -0.3 is 14.4 Å². The molecule has 0 aliphatic rings.